The van der Waals surface area contributed by atoms with Gasteiger partial charge in [0.2, 0.25) is 10.9 Å². The lowest BCUT2D eigenvalue weighted by molar-refractivity contribution is 0.0563. The second-order valence-electron chi connectivity index (χ2n) is 5.16. The van der Waals surface area contributed by atoms with Crippen LogP contribution in [0.3, 0.4) is 0 Å². The normalized spacial score (nSPS) is 12.1. The van der Waals surface area contributed by atoms with E-state index < -0.39 is 5.97 Å². The number of thioether (sulfide) groups is 1. The molecule has 0 spiro atoms. The minimum Gasteiger partial charge on any atom is -0.463 e. The van der Waals surface area contributed by atoms with Crippen molar-refractivity contribution in [1.29, 1.82) is 0 Å². The molecular weight excluding hydrogens is 328 g/mol. The Morgan fingerprint density at radius 3 is 2.71 bits per heavy atom. The molecule has 0 saturated heterocycles. The zero-order chi connectivity index (χ0) is 17.1. The zero-order valence-electron chi connectivity index (χ0n) is 13.5. The molecule has 2 aromatic heterocycles. The highest BCUT2D eigenvalue weighted by atomic mass is 32.2. The van der Waals surface area contributed by atoms with Crippen molar-refractivity contribution in [3.63, 3.8) is 0 Å². The van der Waals surface area contributed by atoms with E-state index in [0.29, 0.717) is 10.9 Å². The number of methoxy groups -OCH3 is 1. The lowest BCUT2D eigenvalue weighted by atomic mass is 10.2. The Labute approximate surface area is 143 Å². The maximum Gasteiger partial charge on any atom is 0.373 e. The van der Waals surface area contributed by atoms with Crippen molar-refractivity contribution in [2.75, 3.05) is 7.11 Å². The molecule has 1 aromatic carbocycles. The highest BCUT2D eigenvalue weighted by Gasteiger charge is 2.19. The molecule has 0 amide bonds. The number of hydrogen-bond donors (Lipinski definition) is 0. The zero-order valence-corrected chi connectivity index (χ0v) is 14.3. The molecule has 0 N–H and O–H groups in total. The van der Waals surface area contributed by atoms with E-state index in [4.69, 9.17) is 4.42 Å². The third-order valence-corrected chi connectivity index (χ3v) is 4.47. The van der Waals surface area contributed by atoms with Crippen molar-refractivity contribution in [2.45, 2.75) is 24.3 Å². The Balaban J connectivity index is 1.79. The highest BCUT2D eigenvalue weighted by Crippen LogP contribution is 2.35. The van der Waals surface area contributed by atoms with Crippen LogP contribution in [0.25, 0.3) is 5.69 Å². The molecule has 1 atom stereocenters. The first-order chi connectivity index (χ1) is 11.6. The molecule has 0 saturated carbocycles. The molecule has 0 bridgehead atoms. The van der Waals surface area contributed by atoms with E-state index in [2.05, 4.69) is 20.3 Å². The largest absolute Gasteiger partial charge is 0.463 e. The van der Waals surface area contributed by atoms with Crippen LogP contribution in [0.5, 0.6) is 0 Å². The SMILES string of the molecule is COC(=O)c1ccc(C(C)Sc2nnnn2-c2ccc(C)cc2)o1. The van der Waals surface area contributed by atoms with E-state index >= 15 is 0 Å². The number of ether oxygens (including phenoxy) is 1. The van der Waals surface area contributed by atoms with E-state index in [1.807, 2.05) is 38.1 Å². The van der Waals surface area contributed by atoms with Gasteiger partial charge in [-0.15, -0.1) is 5.10 Å². The van der Waals surface area contributed by atoms with Gasteiger partial charge in [0.25, 0.3) is 0 Å². The Morgan fingerprint density at radius 2 is 2.00 bits per heavy atom. The molecule has 8 heteroatoms. The van der Waals surface area contributed by atoms with Gasteiger partial charge in [-0.25, -0.2) is 4.79 Å². The summed E-state index contributed by atoms with van der Waals surface area (Å²) in [5, 5.41) is 12.4. The average Bonchev–Trinajstić information content (AvgIpc) is 3.24. The van der Waals surface area contributed by atoms with E-state index in [0.717, 1.165) is 5.69 Å². The predicted octanol–water partition coefficient (Wildman–Crippen LogP) is 3.20. The summed E-state index contributed by atoms with van der Waals surface area (Å²) >= 11 is 1.44. The minimum atomic E-state index is -0.497. The molecule has 0 aliphatic rings. The van der Waals surface area contributed by atoms with Gasteiger partial charge in [-0.05, 0) is 48.5 Å². The molecule has 0 aliphatic carbocycles. The number of aromatic nitrogens is 4. The number of tetrazole rings is 1. The number of furan rings is 1. The second kappa shape index (κ2) is 6.88. The summed E-state index contributed by atoms with van der Waals surface area (Å²) in [6, 6.07) is 11.3. The average molecular weight is 344 g/mol. The van der Waals surface area contributed by atoms with Crippen molar-refractivity contribution < 1.29 is 13.9 Å². The van der Waals surface area contributed by atoms with Crippen molar-refractivity contribution in [2.24, 2.45) is 0 Å². The van der Waals surface area contributed by atoms with Crippen LogP contribution in [0.1, 0.15) is 34.1 Å². The van der Waals surface area contributed by atoms with Crippen LogP contribution >= 0.6 is 11.8 Å². The summed E-state index contributed by atoms with van der Waals surface area (Å²) in [4.78, 5) is 11.5. The van der Waals surface area contributed by atoms with Crippen molar-refractivity contribution >= 4 is 17.7 Å². The van der Waals surface area contributed by atoms with Crippen LogP contribution in [-0.2, 0) is 4.74 Å². The first-order valence-corrected chi connectivity index (χ1v) is 8.16. The summed E-state index contributed by atoms with van der Waals surface area (Å²) in [6.45, 7) is 3.98. The number of hydrogen-bond acceptors (Lipinski definition) is 7. The maximum atomic E-state index is 11.5. The first-order valence-electron chi connectivity index (χ1n) is 7.28. The molecule has 7 nitrogen and oxygen atoms in total. The molecule has 2 heterocycles. The third kappa shape index (κ3) is 3.33. The van der Waals surface area contributed by atoms with E-state index in [1.165, 1.54) is 24.4 Å². The fraction of sp³-hybridized carbons (Fsp3) is 0.250. The summed E-state index contributed by atoms with van der Waals surface area (Å²) in [6.07, 6.45) is 0. The molecule has 3 aromatic rings. The quantitative estimate of drug-likeness (QED) is 0.519. The number of nitrogens with zero attached hydrogens (tertiary/aromatic N) is 4. The lowest BCUT2D eigenvalue weighted by Gasteiger charge is -2.08. The second-order valence-corrected chi connectivity index (χ2v) is 6.47. The lowest BCUT2D eigenvalue weighted by Crippen LogP contribution is -2.00. The van der Waals surface area contributed by atoms with Crippen molar-refractivity contribution in [3.8, 4) is 5.69 Å². The monoisotopic (exact) mass is 344 g/mol. The molecule has 0 aliphatic heterocycles. The molecule has 124 valence electrons. The van der Waals surface area contributed by atoms with Crippen LogP contribution in [0.4, 0.5) is 0 Å². The number of benzene rings is 1. The Morgan fingerprint density at radius 1 is 1.25 bits per heavy atom. The molecule has 3 rings (SSSR count). The van der Waals surface area contributed by atoms with Gasteiger partial charge >= 0.3 is 5.97 Å². The third-order valence-electron chi connectivity index (χ3n) is 3.42. The van der Waals surface area contributed by atoms with Gasteiger partial charge in [0.05, 0.1) is 18.0 Å². The van der Waals surface area contributed by atoms with Gasteiger partial charge in [-0.3, -0.25) is 0 Å². The number of rotatable bonds is 5. The van der Waals surface area contributed by atoms with Gasteiger partial charge in [0.1, 0.15) is 5.76 Å². The van der Waals surface area contributed by atoms with Crippen LogP contribution in [0.15, 0.2) is 46.0 Å². The van der Waals surface area contributed by atoms with Crippen molar-refractivity contribution in [3.05, 3.63) is 53.5 Å². The van der Waals surface area contributed by atoms with Crippen LogP contribution in [0, 0.1) is 6.92 Å². The summed E-state index contributed by atoms with van der Waals surface area (Å²) in [7, 11) is 1.32. The molecule has 0 fully saturated rings. The molecule has 24 heavy (non-hydrogen) atoms. The van der Waals surface area contributed by atoms with Crippen LogP contribution in [-0.4, -0.2) is 33.3 Å². The van der Waals surface area contributed by atoms with E-state index in [1.54, 1.807) is 16.8 Å². The first kappa shape index (κ1) is 16.3. The minimum absolute atomic E-state index is 0.0707. The Kier molecular flexibility index (Phi) is 4.66. The fourth-order valence-corrected chi connectivity index (χ4v) is 2.98. The summed E-state index contributed by atoms with van der Waals surface area (Å²) in [5.74, 6) is 0.333. The van der Waals surface area contributed by atoms with Crippen LogP contribution in [0.2, 0.25) is 0 Å². The van der Waals surface area contributed by atoms with Gasteiger partial charge in [-0.1, -0.05) is 29.5 Å². The topological polar surface area (TPSA) is 83.0 Å². The standard InChI is InChI=1S/C16H16N4O3S/c1-10-4-6-12(7-5-10)20-16(17-18-19-20)24-11(2)13-8-9-14(23-13)15(21)22-3/h4-9,11H,1-3H3. The highest BCUT2D eigenvalue weighted by molar-refractivity contribution is 7.99. The number of carbonyl (C=O) groups is 1. The maximum absolute atomic E-state index is 11.5. The molecule has 1 unspecified atom stereocenters. The van der Waals surface area contributed by atoms with Gasteiger partial charge in [0.15, 0.2) is 0 Å². The number of esters is 1. The Hall–Kier alpha value is -2.61. The molecular formula is C16H16N4O3S. The molecule has 0 radical (unpaired) electrons. The van der Waals surface area contributed by atoms with E-state index in [-0.39, 0.29) is 11.0 Å². The fourth-order valence-electron chi connectivity index (χ4n) is 2.10. The van der Waals surface area contributed by atoms with Gasteiger partial charge in [-0.2, -0.15) is 4.68 Å². The number of carbonyl (C=O) groups excluding carboxylic acids is 1. The van der Waals surface area contributed by atoms with Gasteiger partial charge in [0, 0.05) is 0 Å². The van der Waals surface area contributed by atoms with Gasteiger partial charge < -0.3 is 9.15 Å². The van der Waals surface area contributed by atoms with Crippen molar-refractivity contribution in [1.82, 2.24) is 20.2 Å². The Bertz CT molecular complexity index is 841. The summed E-state index contributed by atoms with van der Waals surface area (Å²) in [5.41, 5.74) is 2.05. The predicted molar refractivity (Wildman–Crippen MR) is 88.2 cm³/mol. The van der Waals surface area contributed by atoms with E-state index in [9.17, 15) is 4.79 Å². The number of aryl methyl sites for hydroxylation is 1. The van der Waals surface area contributed by atoms with Crippen LogP contribution < -0.4 is 0 Å². The summed E-state index contributed by atoms with van der Waals surface area (Å²) < 4.78 is 11.9. The smallest absolute Gasteiger partial charge is 0.373 e.